The van der Waals surface area contributed by atoms with Gasteiger partial charge in [-0.1, -0.05) is 0 Å². The van der Waals surface area contributed by atoms with Crippen LogP contribution in [0.1, 0.15) is 0 Å². The van der Waals surface area contributed by atoms with E-state index >= 15 is 0 Å². The molecule has 0 aliphatic carbocycles. The lowest BCUT2D eigenvalue weighted by atomic mass is 9.96. The monoisotopic (exact) mass is 504 g/mol. The molecule has 3 aliphatic rings. The number of aliphatic hydroxyl groups is 11. The Kier molecular flexibility index (Phi) is 9.54. The lowest BCUT2D eigenvalue weighted by molar-refractivity contribution is -0.381. The van der Waals surface area contributed by atoms with Gasteiger partial charge in [0.15, 0.2) is 18.9 Å². The van der Waals surface area contributed by atoms with Crippen molar-refractivity contribution in [2.75, 3.05) is 19.8 Å². The Balaban J connectivity index is 1.70. The Labute approximate surface area is 192 Å². The minimum atomic E-state index is -1.93. The molecule has 15 unspecified atom stereocenters. The molecule has 3 rings (SSSR count). The Hall–Kier alpha value is -0.640. The fraction of sp³-hybridized carbons (Fsp3) is 1.00. The van der Waals surface area contributed by atoms with Crippen LogP contribution < -0.4 is 0 Å². The number of aliphatic hydroxyl groups excluding tert-OH is 11. The van der Waals surface area contributed by atoms with Crippen LogP contribution in [0.2, 0.25) is 0 Å². The van der Waals surface area contributed by atoms with Crippen LogP contribution in [0.5, 0.6) is 0 Å². The van der Waals surface area contributed by atoms with Crippen LogP contribution in [0.4, 0.5) is 0 Å². The van der Waals surface area contributed by atoms with E-state index in [9.17, 15) is 51.1 Å². The third-order valence-corrected chi connectivity index (χ3v) is 6.09. The van der Waals surface area contributed by atoms with E-state index in [0.717, 1.165) is 0 Å². The van der Waals surface area contributed by atoms with Crippen molar-refractivity contribution in [2.24, 2.45) is 0 Å². The van der Waals surface area contributed by atoms with Crippen molar-refractivity contribution in [3.63, 3.8) is 0 Å². The lowest BCUT2D eigenvalue weighted by Crippen LogP contribution is -2.66. The van der Waals surface area contributed by atoms with E-state index in [0.29, 0.717) is 0 Å². The summed E-state index contributed by atoms with van der Waals surface area (Å²) in [5.74, 6) is 0. The van der Waals surface area contributed by atoms with Crippen molar-refractivity contribution in [2.45, 2.75) is 92.1 Å². The molecule has 0 bridgehead atoms. The third kappa shape index (κ3) is 5.37. The van der Waals surface area contributed by atoms with Crippen molar-refractivity contribution < 1.29 is 79.9 Å². The summed E-state index contributed by atoms with van der Waals surface area (Å²) < 4.78 is 26.2. The number of hydrogen-bond acceptors (Lipinski definition) is 16. The van der Waals surface area contributed by atoms with E-state index in [1.165, 1.54) is 0 Å². The minimum Gasteiger partial charge on any atom is -0.394 e. The van der Waals surface area contributed by atoms with Gasteiger partial charge in [0.2, 0.25) is 0 Å². The Morgan fingerprint density at radius 2 is 0.853 bits per heavy atom. The van der Waals surface area contributed by atoms with E-state index in [1.54, 1.807) is 0 Å². The predicted octanol–water partition coefficient (Wildman–Crippen LogP) is -7.57. The summed E-state index contributed by atoms with van der Waals surface area (Å²) in [4.78, 5) is 0. The highest BCUT2D eigenvalue weighted by atomic mass is 16.8. The van der Waals surface area contributed by atoms with E-state index < -0.39 is 112 Å². The van der Waals surface area contributed by atoms with Gasteiger partial charge in [-0.25, -0.2) is 0 Å². The minimum absolute atomic E-state index is 0.715. The molecule has 0 aromatic carbocycles. The summed E-state index contributed by atoms with van der Waals surface area (Å²) in [6.45, 7) is -2.28. The van der Waals surface area contributed by atoms with Crippen LogP contribution >= 0.6 is 0 Å². The van der Waals surface area contributed by atoms with E-state index in [1.807, 2.05) is 0 Å². The first-order valence-corrected chi connectivity index (χ1v) is 10.6. The van der Waals surface area contributed by atoms with Crippen LogP contribution in [-0.2, 0) is 23.7 Å². The Morgan fingerprint density at radius 3 is 1.41 bits per heavy atom. The molecule has 16 heteroatoms. The molecule has 0 aromatic rings. The smallest absolute Gasteiger partial charge is 0.187 e. The maximum atomic E-state index is 10.6. The molecule has 3 saturated heterocycles. The van der Waals surface area contributed by atoms with Crippen molar-refractivity contribution in [1.29, 1.82) is 0 Å². The lowest BCUT2D eigenvalue weighted by Gasteiger charge is -2.47. The first kappa shape index (κ1) is 27.9. The van der Waals surface area contributed by atoms with Crippen LogP contribution in [0.15, 0.2) is 0 Å². The van der Waals surface area contributed by atoms with Crippen molar-refractivity contribution in [3.05, 3.63) is 0 Å². The highest BCUT2D eigenvalue weighted by molar-refractivity contribution is 4.95. The summed E-state index contributed by atoms with van der Waals surface area (Å²) in [5.41, 5.74) is 0. The second-order valence-electron chi connectivity index (χ2n) is 8.33. The maximum Gasteiger partial charge on any atom is 0.187 e. The molecular weight excluding hydrogens is 472 g/mol. The van der Waals surface area contributed by atoms with E-state index in [2.05, 4.69) is 0 Å². The predicted molar refractivity (Wildman–Crippen MR) is 101 cm³/mol. The molecule has 0 aromatic heterocycles. The van der Waals surface area contributed by atoms with Crippen molar-refractivity contribution in [3.8, 4) is 0 Å². The number of hydrogen-bond donors (Lipinski definition) is 11. The number of ether oxygens (including phenoxy) is 5. The largest absolute Gasteiger partial charge is 0.394 e. The molecule has 11 N–H and O–H groups in total. The summed E-state index contributed by atoms with van der Waals surface area (Å²) >= 11 is 0. The molecule has 3 aliphatic heterocycles. The quantitative estimate of drug-likeness (QED) is 0.154. The van der Waals surface area contributed by atoms with Crippen LogP contribution in [0.3, 0.4) is 0 Å². The average molecular weight is 504 g/mol. The van der Waals surface area contributed by atoms with Gasteiger partial charge in [-0.3, -0.25) is 0 Å². The molecule has 3 fully saturated rings. The molecule has 16 nitrogen and oxygen atoms in total. The molecule has 0 saturated carbocycles. The van der Waals surface area contributed by atoms with Crippen LogP contribution in [0, 0.1) is 0 Å². The fourth-order valence-electron chi connectivity index (χ4n) is 4.04. The molecule has 0 radical (unpaired) electrons. The van der Waals surface area contributed by atoms with Crippen molar-refractivity contribution in [1.82, 2.24) is 0 Å². The SMILES string of the molecule is OCC1OC(OC2C(CO)OC(OC3C(O)OC(CO)C(O)C3O)C(O)C2O)C(O)C(O)C1O. The molecular formula is C18H32O16. The van der Waals surface area contributed by atoms with Gasteiger partial charge in [-0.05, 0) is 0 Å². The Morgan fingerprint density at radius 1 is 0.441 bits per heavy atom. The van der Waals surface area contributed by atoms with Gasteiger partial charge in [0.25, 0.3) is 0 Å². The molecule has 3 heterocycles. The van der Waals surface area contributed by atoms with Crippen LogP contribution in [-0.4, -0.2) is 168 Å². The summed E-state index contributed by atoms with van der Waals surface area (Å²) in [6, 6.07) is 0. The van der Waals surface area contributed by atoms with Gasteiger partial charge < -0.3 is 79.9 Å². The normalized spacial score (nSPS) is 52.5. The molecule has 200 valence electrons. The first-order chi connectivity index (χ1) is 16.0. The molecule has 34 heavy (non-hydrogen) atoms. The van der Waals surface area contributed by atoms with E-state index in [-0.39, 0.29) is 0 Å². The van der Waals surface area contributed by atoms with Gasteiger partial charge in [0.1, 0.15) is 73.2 Å². The van der Waals surface area contributed by atoms with Gasteiger partial charge in [0, 0.05) is 0 Å². The van der Waals surface area contributed by atoms with Gasteiger partial charge in [0.05, 0.1) is 19.8 Å². The zero-order chi connectivity index (χ0) is 25.3. The second-order valence-corrected chi connectivity index (χ2v) is 8.33. The number of rotatable bonds is 7. The standard InChI is InChI=1S/C18H32O16/c19-1-4-8(23)10(25)15(16(29)30-4)34-18-13(28)11(26)14(6(3-21)32-18)33-17-12(27)9(24)7(22)5(2-20)31-17/h4-29H,1-3H2. The zero-order valence-electron chi connectivity index (χ0n) is 17.7. The van der Waals surface area contributed by atoms with Crippen molar-refractivity contribution >= 4 is 0 Å². The molecule has 0 spiro atoms. The summed E-state index contributed by atoms with van der Waals surface area (Å²) in [7, 11) is 0. The topological polar surface area (TPSA) is 269 Å². The first-order valence-electron chi connectivity index (χ1n) is 10.6. The summed E-state index contributed by atoms with van der Waals surface area (Å²) in [5, 5.41) is 109. The molecule has 15 atom stereocenters. The van der Waals surface area contributed by atoms with Gasteiger partial charge in [-0.2, -0.15) is 0 Å². The highest BCUT2D eigenvalue weighted by Gasteiger charge is 2.53. The van der Waals surface area contributed by atoms with Gasteiger partial charge in [-0.15, -0.1) is 0 Å². The highest BCUT2D eigenvalue weighted by Crippen LogP contribution is 2.31. The maximum absolute atomic E-state index is 10.6. The molecule has 0 amide bonds. The van der Waals surface area contributed by atoms with Crippen LogP contribution in [0.25, 0.3) is 0 Å². The average Bonchev–Trinajstić information content (AvgIpc) is 2.83. The van der Waals surface area contributed by atoms with E-state index in [4.69, 9.17) is 28.8 Å². The third-order valence-electron chi connectivity index (χ3n) is 6.09. The zero-order valence-corrected chi connectivity index (χ0v) is 17.7. The summed E-state index contributed by atoms with van der Waals surface area (Å²) in [6.07, 6.45) is -25.2. The fourth-order valence-corrected chi connectivity index (χ4v) is 4.04. The second kappa shape index (κ2) is 11.6. The Bertz CT molecular complexity index is 637. The van der Waals surface area contributed by atoms with Gasteiger partial charge >= 0.3 is 0 Å².